The summed E-state index contributed by atoms with van der Waals surface area (Å²) in [5, 5.41) is 33.2. The van der Waals surface area contributed by atoms with Gasteiger partial charge in [-0.3, -0.25) is 14.4 Å². The molecule has 0 saturated carbocycles. The lowest BCUT2D eigenvalue weighted by Crippen LogP contribution is -2.56. The fourth-order valence-corrected chi connectivity index (χ4v) is 5.74. The third-order valence-electron chi connectivity index (χ3n) is 7.27. The van der Waals surface area contributed by atoms with Crippen LogP contribution in [0, 0.1) is 3.57 Å². The normalized spacial score (nSPS) is 17.7. The van der Waals surface area contributed by atoms with E-state index >= 15 is 0 Å². The van der Waals surface area contributed by atoms with Gasteiger partial charge in [0.25, 0.3) is 5.91 Å². The second-order valence-electron chi connectivity index (χ2n) is 9.99. The van der Waals surface area contributed by atoms with Gasteiger partial charge in [0, 0.05) is 31.5 Å². The van der Waals surface area contributed by atoms with Crippen molar-refractivity contribution in [2.75, 3.05) is 41.0 Å². The first-order valence-corrected chi connectivity index (χ1v) is 15.2. The summed E-state index contributed by atoms with van der Waals surface area (Å²) in [7, 11) is 4.49. The maximum Gasteiger partial charge on any atom is 0.290 e. The van der Waals surface area contributed by atoms with E-state index in [1.807, 2.05) is 22.6 Å². The van der Waals surface area contributed by atoms with Crippen molar-refractivity contribution < 1.29 is 48.7 Å². The molecular weight excluding hydrogens is 687 g/mol. The molecule has 2 amide bonds. The Kier molecular flexibility index (Phi) is 13.2. The van der Waals surface area contributed by atoms with Crippen LogP contribution in [0.15, 0.2) is 42.0 Å². The molecule has 240 valence electrons. The van der Waals surface area contributed by atoms with E-state index in [-0.39, 0.29) is 56.9 Å². The van der Waals surface area contributed by atoms with Gasteiger partial charge in [-0.25, -0.2) is 0 Å². The number of ketones is 1. The number of hydrogen-bond donors (Lipinski definition) is 4. The highest BCUT2D eigenvalue weighted by atomic mass is 127. The number of nitrogens with one attached hydrogen (secondary N) is 1. The first-order valence-electron chi connectivity index (χ1n) is 14.1. The number of aliphatic hydroxyl groups is 3. The van der Waals surface area contributed by atoms with Gasteiger partial charge < -0.3 is 44.5 Å². The van der Waals surface area contributed by atoms with Gasteiger partial charge >= 0.3 is 0 Å². The highest BCUT2D eigenvalue weighted by Crippen LogP contribution is 2.37. The zero-order valence-electron chi connectivity index (χ0n) is 25.2. The first-order chi connectivity index (χ1) is 21.1. The molecule has 1 aliphatic carbocycles. The zero-order chi connectivity index (χ0) is 32.4. The fourth-order valence-electron chi connectivity index (χ4n) is 4.94. The Bertz CT molecular complexity index is 1370. The Hall–Kier alpha value is -3.40. The minimum absolute atomic E-state index is 0.00411. The SMILES string of the molecule is CCC(=O)C(=O)N(CCc1cc(OC)ccc1OC)[C@@H]1CC(C(=O)NCCO)=C[C@H](Oc2c(I)cc(CO)cc2OC)[C@H]1O. The number of hydrogen-bond acceptors (Lipinski definition) is 10. The van der Waals surface area contributed by atoms with Crippen LogP contribution in [0.2, 0.25) is 0 Å². The Labute approximate surface area is 270 Å². The number of ether oxygens (including phenoxy) is 4. The highest BCUT2D eigenvalue weighted by molar-refractivity contribution is 14.1. The van der Waals surface area contributed by atoms with Crippen molar-refractivity contribution in [1.82, 2.24) is 10.2 Å². The number of halogens is 1. The van der Waals surface area contributed by atoms with Crippen LogP contribution in [-0.2, 0) is 27.4 Å². The van der Waals surface area contributed by atoms with Crippen LogP contribution in [0.25, 0.3) is 0 Å². The van der Waals surface area contributed by atoms with Gasteiger partial charge in [0.15, 0.2) is 11.5 Å². The summed E-state index contributed by atoms with van der Waals surface area (Å²) in [5.74, 6) is -0.249. The van der Waals surface area contributed by atoms with Gasteiger partial charge in [0.1, 0.15) is 23.7 Å². The number of amides is 2. The molecule has 0 fully saturated rings. The molecule has 0 spiro atoms. The van der Waals surface area contributed by atoms with Crippen LogP contribution >= 0.6 is 22.6 Å². The molecule has 4 N–H and O–H groups in total. The molecule has 0 saturated heterocycles. The zero-order valence-corrected chi connectivity index (χ0v) is 27.3. The standard InChI is InChI=1S/C31H39IN2O10/c1-5-24(37)31(40)34(10-8-19-14-21(41-2)6-7-25(19)42-3)23-15-20(30(39)33-9-11-35)16-26(28(23)38)44-29-22(32)12-18(17-36)13-27(29)43-4/h6-7,12-14,16,23,26,28,35-36,38H,5,8-11,15,17H2,1-4H3,(H,33,39)/t23-,26+,28+/m1/s1. The van der Waals surface area contributed by atoms with Crippen LogP contribution in [-0.4, -0.2) is 97.1 Å². The van der Waals surface area contributed by atoms with E-state index in [1.165, 1.54) is 32.3 Å². The van der Waals surface area contributed by atoms with E-state index in [0.29, 0.717) is 31.9 Å². The van der Waals surface area contributed by atoms with E-state index in [4.69, 9.17) is 18.9 Å². The average molecular weight is 727 g/mol. The monoisotopic (exact) mass is 726 g/mol. The molecule has 13 heteroatoms. The maximum absolute atomic E-state index is 13.5. The van der Waals surface area contributed by atoms with Crippen molar-refractivity contribution in [1.29, 1.82) is 0 Å². The largest absolute Gasteiger partial charge is 0.497 e. The molecule has 0 radical (unpaired) electrons. The molecule has 2 aromatic carbocycles. The number of carbonyl (C=O) groups excluding carboxylic acids is 3. The van der Waals surface area contributed by atoms with Crippen LogP contribution in [0.4, 0.5) is 0 Å². The Morgan fingerprint density at radius 2 is 1.77 bits per heavy atom. The topological polar surface area (TPSA) is 164 Å². The quantitative estimate of drug-likeness (QED) is 0.157. The van der Waals surface area contributed by atoms with Crippen molar-refractivity contribution in [3.8, 4) is 23.0 Å². The summed E-state index contributed by atoms with van der Waals surface area (Å²) in [6, 6.07) is 7.51. The lowest BCUT2D eigenvalue weighted by atomic mass is 9.87. The molecule has 0 bridgehead atoms. The second kappa shape index (κ2) is 16.6. The molecule has 2 aromatic rings. The molecule has 12 nitrogen and oxygen atoms in total. The summed E-state index contributed by atoms with van der Waals surface area (Å²) >= 11 is 2.02. The minimum Gasteiger partial charge on any atom is -0.497 e. The summed E-state index contributed by atoms with van der Waals surface area (Å²) in [5.41, 5.74) is 1.51. The molecule has 0 aliphatic heterocycles. The van der Waals surface area contributed by atoms with Gasteiger partial charge in [-0.1, -0.05) is 6.92 Å². The van der Waals surface area contributed by atoms with Crippen molar-refractivity contribution >= 4 is 40.2 Å². The van der Waals surface area contributed by atoms with Crippen LogP contribution in [0.1, 0.15) is 30.9 Å². The molecule has 1 aliphatic rings. The number of benzene rings is 2. The molecule has 0 unspecified atom stereocenters. The average Bonchev–Trinajstić information content (AvgIpc) is 3.04. The Morgan fingerprint density at radius 1 is 1.05 bits per heavy atom. The maximum atomic E-state index is 13.5. The smallest absolute Gasteiger partial charge is 0.290 e. The predicted molar refractivity (Wildman–Crippen MR) is 169 cm³/mol. The summed E-state index contributed by atoms with van der Waals surface area (Å²) in [6.07, 6.45) is -0.894. The Morgan fingerprint density at radius 3 is 2.39 bits per heavy atom. The number of methoxy groups -OCH3 is 3. The molecule has 3 rings (SSSR count). The van der Waals surface area contributed by atoms with Crippen LogP contribution in [0.5, 0.6) is 23.0 Å². The lowest BCUT2D eigenvalue weighted by Gasteiger charge is -2.40. The van der Waals surface area contributed by atoms with Gasteiger partial charge in [-0.15, -0.1) is 0 Å². The van der Waals surface area contributed by atoms with Gasteiger partial charge in [0.2, 0.25) is 11.7 Å². The predicted octanol–water partition coefficient (Wildman–Crippen LogP) is 1.78. The van der Waals surface area contributed by atoms with Crippen LogP contribution < -0.4 is 24.3 Å². The molecule has 44 heavy (non-hydrogen) atoms. The van der Waals surface area contributed by atoms with E-state index in [1.54, 1.807) is 37.3 Å². The van der Waals surface area contributed by atoms with Gasteiger partial charge in [-0.05, 0) is 76.5 Å². The number of carbonyl (C=O) groups is 3. The van der Waals surface area contributed by atoms with Crippen molar-refractivity contribution in [3.63, 3.8) is 0 Å². The molecule has 3 atom stereocenters. The van der Waals surface area contributed by atoms with E-state index < -0.39 is 35.8 Å². The summed E-state index contributed by atoms with van der Waals surface area (Å²) < 4.78 is 23.1. The summed E-state index contributed by atoms with van der Waals surface area (Å²) in [4.78, 5) is 40.7. The first kappa shape index (κ1) is 35.1. The van der Waals surface area contributed by atoms with Crippen molar-refractivity contribution in [2.45, 2.75) is 51.0 Å². The van der Waals surface area contributed by atoms with Gasteiger partial charge in [-0.2, -0.15) is 0 Å². The van der Waals surface area contributed by atoms with E-state index in [2.05, 4.69) is 5.32 Å². The number of nitrogens with zero attached hydrogens (tertiary/aromatic N) is 1. The number of Topliss-reactive ketones (excluding diaryl/α,β-unsaturated/α-hetero) is 1. The van der Waals surface area contributed by atoms with E-state index in [9.17, 15) is 29.7 Å². The van der Waals surface area contributed by atoms with Gasteiger partial charge in [0.05, 0.1) is 44.2 Å². The number of aliphatic hydroxyl groups excluding tert-OH is 3. The minimum atomic E-state index is -1.36. The molecule has 0 heterocycles. The van der Waals surface area contributed by atoms with Crippen molar-refractivity contribution in [2.24, 2.45) is 0 Å². The lowest BCUT2D eigenvalue weighted by molar-refractivity contribution is -0.149. The molecular formula is C31H39IN2O10. The molecule has 0 aromatic heterocycles. The van der Waals surface area contributed by atoms with Crippen LogP contribution in [0.3, 0.4) is 0 Å². The second-order valence-corrected chi connectivity index (χ2v) is 11.1. The fraction of sp³-hybridized carbons (Fsp3) is 0.452. The third-order valence-corrected chi connectivity index (χ3v) is 8.07. The van der Waals surface area contributed by atoms with E-state index in [0.717, 1.165) is 0 Å². The summed E-state index contributed by atoms with van der Waals surface area (Å²) in [6.45, 7) is 1.08. The third kappa shape index (κ3) is 8.40. The Balaban J connectivity index is 2.05. The van der Waals surface area contributed by atoms with Crippen molar-refractivity contribution in [3.05, 3.63) is 56.7 Å². The highest BCUT2D eigenvalue weighted by Gasteiger charge is 2.42. The number of rotatable bonds is 15.